The molecule has 0 aromatic heterocycles. The molecule has 1 N–H and O–H groups in total. The van der Waals surface area contributed by atoms with Gasteiger partial charge in [-0.05, 0) is 19.4 Å². The zero-order valence-corrected chi connectivity index (χ0v) is 6.68. The zero-order valence-electron chi connectivity index (χ0n) is 6.68. The number of amides is 1. The summed E-state index contributed by atoms with van der Waals surface area (Å²) in [5.74, 6) is 0.0101. The minimum atomic E-state index is 0.0101. The van der Waals surface area contributed by atoms with Crippen LogP contribution in [0.3, 0.4) is 0 Å². The molecule has 1 amide bonds. The van der Waals surface area contributed by atoms with E-state index in [1.807, 2.05) is 6.92 Å². The van der Waals surface area contributed by atoms with Gasteiger partial charge in [0.2, 0.25) is 5.91 Å². The normalized spacial score (nSPS) is 10.2. The standard InChI is InChI=1S/C8H15NO/c1-3-5-7-9-8(10)6-4-2/h4,6H,3,5,7H2,1-2H3,(H,9,10). The molecule has 10 heavy (non-hydrogen) atoms. The van der Waals surface area contributed by atoms with E-state index in [2.05, 4.69) is 12.2 Å². The fourth-order valence-corrected chi connectivity index (χ4v) is 0.599. The summed E-state index contributed by atoms with van der Waals surface area (Å²) in [7, 11) is 0. The molecule has 0 bridgehead atoms. The molecule has 0 saturated heterocycles. The van der Waals surface area contributed by atoms with Crippen LogP contribution in [0.15, 0.2) is 12.2 Å². The van der Waals surface area contributed by atoms with Crippen molar-refractivity contribution in [3.8, 4) is 0 Å². The lowest BCUT2D eigenvalue weighted by Gasteiger charge is -1.97. The van der Waals surface area contributed by atoms with Gasteiger partial charge >= 0.3 is 0 Å². The van der Waals surface area contributed by atoms with Crippen LogP contribution >= 0.6 is 0 Å². The van der Waals surface area contributed by atoms with Gasteiger partial charge in [-0.25, -0.2) is 0 Å². The Kier molecular flexibility index (Phi) is 5.83. The molecule has 0 radical (unpaired) electrons. The van der Waals surface area contributed by atoms with E-state index in [0.29, 0.717) is 0 Å². The highest BCUT2D eigenvalue weighted by molar-refractivity contribution is 5.87. The van der Waals surface area contributed by atoms with Gasteiger partial charge in [0.1, 0.15) is 0 Å². The monoisotopic (exact) mass is 141 g/mol. The molecule has 0 heterocycles. The van der Waals surface area contributed by atoms with Crippen molar-refractivity contribution in [1.82, 2.24) is 5.32 Å². The maximum Gasteiger partial charge on any atom is 0.243 e. The first kappa shape index (κ1) is 9.21. The molecule has 0 unspecified atom stereocenters. The van der Waals surface area contributed by atoms with Gasteiger partial charge in [-0.15, -0.1) is 0 Å². The second kappa shape index (κ2) is 6.33. The van der Waals surface area contributed by atoms with Crippen molar-refractivity contribution < 1.29 is 4.79 Å². The van der Waals surface area contributed by atoms with Gasteiger partial charge in [-0.2, -0.15) is 0 Å². The summed E-state index contributed by atoms with van der Waals surface area (Å²) in [4.78, 5) is 10.7. The first-order chi connectivity index (χ1) is 4.81. The number of carbonyl (C=O) groups is 1. The highest BCUT2D eigenvalue weighted by Gasteiger charge is 1.90. The molecule has 0 aliphatic rings. The van der Waals surface area contributed by atoms with E-state index in [-0.39, 0.29) is 5.91 Å². The van der Waals surface area contributed by atoms with Gasteiger partial charge in [0.05, 0.1) is 0 Å². The molecule has 0 aliphatic heterocycles. The minimum absolute atomic E-state index is 0.0101. The fraction of sp³-hybridized carbons (Fsp3) is 0.625. The third-order valence-corrected chi connectivity index (χ3v) is 1.15. The predicted octanol–water partition coefficient (Wildman–Crippen LogP) is 1.48. The topological polar surface area (TPSA) is 29.1 Å². The molecule has 0 saturated carbocycles. The first-order valence-electron chi connectivity index (χ1n) is 3.71. The summed E-state index contributed by atoms with van der Waals surface area (Å²) in [6, 6.07) is 0. The molecule has 0 atom stereocenters. The van der Waals surface area contributed by atoms with Gasteiger partial charge in [0, 0.05) is 6.54 Å². The molecular formula is C8H15NO. The molecule has 2 nitrogen and oxygen atoms in total. The average Bonchev–Trinajstić information content (AvgIpc) is 1.89. The molecule has 0 aromatic rings. The van der Waals surface area contributed by atoms with E-state index in [9.17, 15) is 4.79 Å². The quantitative estimate of drug-likeness (QED) is 0.466. The number of nitrogens with one attached hydrogen (secondary N) is 1. The van der Waals surface area contributed by atoms with Crippen molar-refractivity contribution in [3.05, 3.63) is 12.2 Å². The summed E-state index contributed by atoms with van der Waals surface area (Å²) in [5.41, 5.74) is 0. The number of allylic oxidation sites excluding steroid dienone is 1. The number of hydrogen-bond donors (Lipinski definition) is 1. The highest BCUT2D eigenvalue weighted by Crippen LogP contribution is 1.82. The van der Waals surface area contributed by atoms with Crippen LogP contribution in [0, 0.1) is 0 Å². The second-order valence-corrected chi connectivity index (χ2v) is 2.14. The fourth-order valence-electron chi connectivity index (χ4n) is 0.599. The molecular weight excluding hydrogens is 126 g/mol. The van der Waals surface area contributed by atoms with Gasteiger partial charge in [-0.3, -0.25) is 4.79 Å². The van der Waals surface area contributed by atoms with Crippen molar-refractivity contribution in [3.63, 3.8) is 0 Å². The Hall–Kier alpha value is -0.790. The average molecular weight is 141 g/mol. The maximum atomic E-state index is 10.7. The summed E-state index contributed by atoms with van der Waals surface area (Å²) >= 11 is 0. The lowest BCUT2D eigenvalue weighted by Crippen LogP contribution is -2.21. The van der Waals surface area contributed by atoms with Gasteiger partial charge in [0.15, 0.2) is 0 Å². The lowest BCUT2D eigenvalue weighted by atomic mass is 10.3. The van der Waals surface area contributed by atoms with E-state index < -0.39 is 0 Å². The van der Waals surface area contributed by atoms with Crippen LogP contribution in [0.4, 0.5) is 0 Å². The number of carbonyl (C=O) groups excluding carboxylic acids is 1. The van der Waals surface area contributed by atoms with Crippen LogP contribution in [0.1, 0.15) is 26.7 Å². The summed E-state index contributed by atoms with van der Waals surface area (Å²) in [6.07, 6.45) is 5.45. The van der Waals surface area contributed by atoms with E-state index in [1.165, 1.54) is 6.08 Å². The Morgan fingerprint density at radius 3 is 2.80 bits per heavy atom. The van der Waals surface area contributed by atoms with Crippen LogP contribution in [-0.4, -0.2) is 12.5 Å². The van der Waals surface area contributed by atoms with Crippen molar-refractivity contribution in [2.75, 3.05) is 6.54 Å². The van der Waals surface area contributed by atoms with Gasteiger partial charge < -0.3 is 5.32 Å². The van der Waals surface area contributed by atoms with Crippen LogP contribution in [0.2, 0.25) is 0 Å². The Balaban J connectivity index is 3.22. The first-order valence-corrected chi connectivity index (χ1v) is 3.71. The lowest BCUT2D eigenvalue weighted by molar-refractivity contribution is -0.116. The summed E-state index contributed by atoms with van der Waals surface area (Å²) in [5, 5.41) is 2.76. The number of rotatable bonds is 4. The Morgan fingerprint density at radius 2 is 2.30 bits per heavy atom. The van der Waals surface area contributed by atoms with E-state index in [4.69, 9.17) is 0 Å². The van der Waals surface area contributed by atoms with Crippen molar-refractivity contribution in [1.29, 1.82) is 0 Å². The third kappa shape index (κ3) is 5.35. The predicted molar refractivity (Wildman–Crippen MR) is 42.7 cm³/mol. The summed E-state index contributed by atoms with van der Waals surface area (Å²) in [6.45, 7) is 4.72. The van der Waals surface area contributed by atoms with Crippen molar-refractivity contribution >= 4 is 5.91 Å². The molecule has 58 valence electrons. The SMILES string of the molecule is CC=CC(=O)NCCCC. The maximum absolute atomic E-state index is 10.7. The van der Waals surface area contributed by atoms with E-state index >= 15 is 0 Å². The number of unbranched alkanes of at least 4 members (excludes halogenated alkanes) is 1. The smallest absolute Gasteiger partial charge is 0.243 e. The van der Waals surface area contributed by atoms with Crippen LogP contribution < -0.4 is 5.32 Å². The van der Waals surface area contributed by atoms with Gasteiger partial charge in [0.25, 0.3) is 0 Å². The van der Waals surface area contributed by atoms with E-state index in [0.717, 1.165) is 19.4 Å². The van der Waals surface area contributed by atoms with Crippen LogP contribution in [0.25, 0.3) is 0 Å². The molecule has 0 aromatic carbocycles. The molecule has 0 fully saturated rings. The molecule has 0 aliphatic carbocycles. The van der Waals surface area contributed by atoms with Gasteiger partial charge in [-0.1, -0.05) is 19.4 Å². The second-order valence-electron chi connectivity index (χ2n) is 2.14. The largest absolute Gasteiger partial charge is 0.353 e. The molecule has 0 rings (SSSR count). The van der Waals surface area contributed by atoms with Crippen LogP contribution in [0.5, 0.6) is 0 Å². The van der Waals surface area contributed by atoms with Crippen molar-refractivity contribution in [2.24, 2.45) is 0 Å². The number of hydrogen-bond acceptors (Lipinski definition) is 1. The zero-order chi connectivity index (χ0) is 7.82. The van der Waals surface area contributed by atoms with Crippen molar-refractivity contribution in [2.45, 2.75) is 26.7 Å². The van der Waals surface area contributed by atoms with Crippen LogP contribution in [-0.2, 0) is 4.79 Å². The Morgan fingerprint density at radius 1 is 1.60 bits per heavy atom. The van der Waals surface area contributed by atoms with E-state index in [1.54, 1.807) is 6.08 Å². The Bertz CT molecular complexity index is 118. The minimum Gasteiger partial charge on any atom is -0.353 e. The third-order valence-electron chi connectivity index (χ3n) is 1.15. The highest BCUT2D eigenvalue weighted by atomic mass is 16.1. The molecule has 0 spiro atoms. The Labute approximate surface area is 62.3 Å². The molecule has 2 heteroatoms. The summed E-state index contributed by atoms with van der Waals surface area (Å²) < 4.78 is 0.